The Hall–Kier alpha value is -2.00. The molecule has 0 amide bonds. The maximum atomic E-state index is 12.8. The van der Waals surface area contributed by atoms with E-state index >= 15 is 0 Å². The van der Waals surface area contributed by atoms with Gasteiger partial charge in [-0.1, -0.05) is 160 Å². The maximum absolute atomic E-state index is 12.8. The highest BCUT2D eigenvalue weighted by Gasteiger charge is 2.04. The quantitative estimate of drug-likeness (QED) is 0.0438. The number of ketones is 1. The third-order valence-electron chi connectivity index (χ3n) is 8.14. The number of thioether (sulfide) groups is 1. The Morgan fingerprint density at radius 3 is 1.91 bits per heavy atom. The zero-order chi connectivity index (χ0) is 30.8. The van der Waals surface area contributed by atoms with Crippen LogP contribution in [0.2, 0.25) is 0 Å². The summed E-state index contributed by atoms with van der Waals surface area (Å²) >= 11 is 1.92. The molecule has 0 bridgehead atoms. The first-order chi connectivity index (χ1) is 21.1. The molecular weight excluding hydrogens is 545 g/mol. The largest absolute Gasteiger partial charge is 0.494 e. The SMILES string of the molecule is CCCCCCCCCCCCCCCCCOc1cccc(C(=O)C=Cc2ccc(SCCCCCC(C)C)cc2)c1. The second-order valence-electron chi connectivity index (χ2n) is 12.7. The summed E-state index contributed by atoms with van der Waals surface area (Å²) in [5.74, 6) is 2.78. The van der Waals surface area contributed by atoms with Crippen molar-refractivity contribution in [1.29, 1.82) is 0 Å². The summed E-state index contributed by atoms with van der Waals surface area (Å²) in [5, 5.41) is 0. The summed E-state index contributed by atoms with van der Waals surface area (Å²) in [6, 6.07) is 16.1. The first-order valence-electron chi connectivity index (χ1n) is 17.8. The molecule has 0 unspecified atom stereocenters. The lowest BCUT2D eigenvalue weighted by Gasteiger charge is -2.07. The van der Waals surface area contributed by atoms with E-state index in [1.807, 2.05) is 42.1 Å². The highest BCUT2D eigenvalue weighted by Crippen LogP contribution is 2.22. The topological polar surface area (TPSA) is 26.3 Å². The first kappa shape index (κ1) is 37.2. The van der Waals surface area contributed by atoms with Crippen molar-refractivity contribution in [3.05, 3.63) is 65.7 Å². The summed E-state index contributed by atoms with van der Waals surface area (Å²) in [4.78, 5) is 14.1. The molecule has 2 aromatic rings. The molecule has 2 aromatic carbocycles. The van der Waals surface area contributed by atoms with E-state index in [1.165, 1.54) is 126 Å². The number of rotatable bonds is 27. The summed E-state index contributed by atoms with van der Waals surface area (Å²) < 4.78 is 5.97. The lowest BCUT2D eigenvalue weighted by Crippen LogP contribution is -2.00. The van der Waals surface area contributed by atoms with Crippen molar-refractivity contribution in [2.45, 2.75) is 148 Å². The van der Waals surface area contributed by atoms with Crippen molar-refractivity contribution >= 4 is 23.6 Å². The molecule has 0 aliphatic carbocycles. The highest BCUT2D eigenvalue weighted by atomic mass is 32.2. The van der Waals surface area contributed by atoms with E-state index in [0.717, 1.165) is 23.7 Å². The second-order valence-corrected chi connectivity index (χ2v) is 13.9. The molecule has 0 aliphatic heterocycles. The Labute approximate surface area is 269 Å². The Kier molecular flexibility index (Phi) is 21.9. The van der Waals surface area contributed by atoms with Crippen molar-refractivity contribution < 1.29 is 9.53 Å². The molecule has 0 fully saturated rings. The van der Waals surface area contributed by atoms with E-state index in [2.05, 4.69) is 45.0 Å². The molecule has 240 valence electrons. The van der Waals surface area contributed by atoms with Crippen LogP contribution in [-0.2, 0) is 0 Å². The van der Waals surface area contributed by atoms with Gasteiger partial charge < -0.3 is 4.74 Å². The van der Waals surface area contributed by atoms with Gasteiger partial charge in [0.25, 0.3) is 0 Å². The summed E-state index contributed by atoms with van der Waals surface area (Å²) in [5.41, 5.74) is 1.73. The normalized spacial score (nSPS) is 11.5. The van der Waals surface area contributed by atoms with Crippen molar-refractivity contribution in [3.63, 3.8) is 0 Å². The predicted molar refractivity (Wildman–Crippen MR) is 191 cm³/mol. The number of carbonyl (C=O) groups excluding carboxylic acids is 1. The molecular formula is C40H62O2S. The molecule has 0 aromatic heterocycles. The minimum Gasteiger partial charge on any atom is -0.494 e. The molecule has 0 saturated carbocycles. The Bertz CT molecular complexity index is 978. The monoisotopic (exact) mass is 606 g/mol. The Balaban J connectivity index is 1.53. The zero-order valence-corrected chi connectivity index (χ0v) is 28.7. The van der Waals surface area contributed by atoms with E-state index < -0.39 is 0 Å². The van der Waals surface area contributed by atoms with Crippen LogP contribution in [-0.4, -0.2) is 18.1 Å². The highest BCUT2D eigenvalue weighted by molar-refractivity contribution is 7.99. The van der Waals surface area contributed by atoms with E-state index in [9.17, 15) is 4.79 Å². The minimum absolute atomic E-state index is 0.0114. The summed E-state index contributed by atoms with van der Waals surface area (Å²) in [6.07, 6.45) is 29.3. The van der Waals surface area contributed by atoms with Gasteiger partial charge in [0.15, 0.2) is 5.78 Å². The van der Waals surface area contributed by atoms with Gasteiger partial charge in [0, 0.05) is 10.5 Å². The van der Waals surface area contributed by atoms with Crippen LogP contribution in [0.25, 0.3) is 6.08 Å². The molecule has 0 spiro atoms. The van der Waals surface area contributed by atoms with Gasteiger partial charge in [-0.3, -0.25) is 4.79 Å². The van der Waals surface area contributed by atoms with E-state index in [4.69, 9.17) is 4.74 Å². The van der Waals surface area contributed by atoms with Crippen molar-refractivity contribution in [3.8, 4) is 5.75 Å². The summed E-state index contributed by atoms with van der Waals surface area (Å²) in [6.45, 7) is 7.60. The Morgan fingerprint density at radius 2 is 1.30 bits per heavy atom. The second kappa shape index (κ2) is 25.3. The molecule has 0 atom stereocenters. The van der Waals surface area contributed by atoms with Gasteiger partial charge in [-0.15, -0.1) is 11.8 Å². The fourth-order valence-electron chi connectivity index (χ4n) is 5.37. The van der Waals surface area contributed by atoms with Crippen LogP contribution in [0.4, 0.5) is 0 Å². The fourth-order valence-corrected chi connectivity index (χ4v) is 6.28. The molecule has 43 heavy (non-hydrogen) atoms. The van der Waals surface area contributed by atoms with Crippen LogP contribution in [0, 0.1) is 5.92 Å². The Morgan fingerprint density at radius 1 is 0.721 bits per heavy atom. The zero-order valence-electron chi connectivity index (χ0n) is 27.9. The molecule has 2 nitrogen and oxygen atoms in total. The average Bonchev–Trinajstić information content (AvgIpc) is 3.02. The van der Waals surface area contributed by atoms with E-state index in [-0.39, 0.29) is 5.78 Å². The number of hydrogen-bond acceptors (Lipinski definition) is 3. The van der Waals surface area contributed by atoms with Crippen molar-refractivity contribution in [2.75, 3.05) is 12.4 Å². The smallest absolute Gasteiger partial charge is 0.185 e. The number of unbranched alkanes of at least 4 members (excludes halogenated alkanes) is 16. The lowest BCUT2D eigenvalue weighted by molar-refractivity contribution is 0.104. The molecule has 0 N–H and O–H groups in total. The minimum atomic E-state index is 0.0114. The maximum Gasteiger partial charge on any atom is 0.185 e. The number of hydrogen-bond donors (Lipinski definition) is 0. The molecule has 3 heteroatoms. The van der Waals surface area contributed by atoms with Gasteiger partial charge in [-0.2, -0.15) is 0 Å². The van der Waals surface area contributed by atoms with Gasteiger partial charge in [0.05, 0.1) is 6.61 Å². The molecule has 0 saturated heterocycles. The van der Waals surface area contributed by atoms with Crippen LogP contribution in [0.3, 0.4) is 0 Å². The van der Waals surface area contributed by atoms with Crippen molar-refractivity contribution in [2.24, 2.45) is 5.92 Å². The molecule has 0 aliphatic rings. The van der Waals surface area contributed by atoms with Gasteiger partial charge in [0.1, 0.15) is 5.75 Å². The van der Waals surface area contributed by atoms with E-state index in [0.29, 0.717) is 12.2 Å². The number of ether oxygens (including phenoxy) is 1. The van der Waals surface area contributed by atoms with Gasteiger partial charge in [0.2, 0.25) is 0 Å². The van der Waals surface area contributed by atoms with Crippen molar-refractivity contribution in [1.82, 2.24) is 0 Å². The lowest BCUT2D eigenvalue weighted by atomic mass is 10.0. The third-order valence-corrected chi connectivity index (χ3v) is 9.24. The molecule has 0 radical (unpaired) electrons. The predicted octanol–water partition coefficient (Wildman–Crippen LogP) is 13.1. The number of allylic oxidation sites excluding steroid dienone is 1. The number of carbonyl (C=O) groups is 1. The van der Waals surface area contributed by atoms with Crippen LogP contribution < -0.4 is 4.74 Å². The van der Waals surface area contributed by atoms with Crippen LogP contribution in [0.5, 0.6) is 5.75 Å². The van der Waals surface area contributed by atoms with Crippen LogP contribution in [0.15, 0.2) is 59.5 Å². The van der Waals surface area contributed by atoms with Gasteiger partial charge in [-0.25, -0.2) is 0 Å². The number of benzene rings is 2. The van der Waals surface area contributed by atoms with Crippen LogP contribution in [0.1, 0.15) is 159 Å². The van der Waals surface area contributed by atoms with Gasteiger partial charge >= 0.3 is 0 Å². The standard InChI is InChI=1S/C40H62O2S/c1-4-5-6-7-8-9-10-11-12-13-14-15-16-17-20-32-42-38-25-22-24-37(34-38)40(41)31-28-36-26-29-39(30-27-36)43-33-21-18-19-23-35(2)3/h22,24-31,34-35H,4-21,23,32-33H2,1-3H3. The molecule has 0 heterocycles. The molecule has 2 rings (SSSR count). The van der Waals surface area contributed by atoms with Crippen LogP contribution >= 0.6 is 11.8 Å². The summed E-state index contributed by atoms with van der Waals surface area (Å²) in [7, 11) is 0. The van der Waals surface area contributed by atoms with E-state index in [1.54, 1.807) is 6.08 Å². The van der Waals surface area contributed by atoms with Gasteiger partial charge in [-0.05, 0) is 60.4 Å². The third kappa shape index (κ3) is 19.8. The average molecular weight is 607 g/mol. The first-order valence-corrected chi connectivity index (χ1v) is 18.7. The fraction of sp³-hybridized carbons (Fsp3) is 0.625.